The van der Waals surface area contributed by atoms with Gasteiger partial charge < -0.3 is 29.9 Å². The summed E-state index contributed by atoms with van der Waals surface area (Å²) in [4.78, 5) is 41.6. The number of phosphoric acid groups is 1. The van der Waals surface area contributed by atoms with Crippen molar-refractivity contribution in [1.29, 1.82) is 0 Å². The maximum absolute atomic E-state index is 12.2. The van der Waals surface area contributed by atoms with Gasteiger partial charge in [0, 0.05) is 0 Å². The molecule has 3 unspecified atom stereocenters. The zero-order valence-electron chi connectivity index (χ0n) is 17.7. The van der Waals surface area contributed by atoms with Crippen LogP contribution in [0.25, 0.3) is 11.2 Å². The number of benzene rings is 1. The van der Waals surface area contributed by atoms with Gasteiger partial charge in [0.15, 0.2) is 17.7 Å². The normalized spacial score (nSPS) is 23.1. The molecule has 15 nitrogen and oxygen atoms in total. The number of ether oxygens (including phenoxy) is 2. The van der Waals surface area contributed by atoms with Gasteiger partial charge in [-0.25, -0.2) is 28.1 Å². The third-order valence-electron chi connectivity index (χ3n) is 4.53. The molecule has 2 aromatic heterocycles. The fraction of sp³-hybridized carbons (Fsp3) is 0.235. The molecule has 0 amide bonds. The number of fused-ring (bicyclic) bond motifs is 1. The van der Waals surface area contributed by atoms with Gasteiger partial charge in [0.25, 0.3) is 0 Å². The van der Waals surface area contributed by atoms with Crippen molar-refractivity contribution in [1.82, 2.24) is 19.5 Å². The van der Waals surface area contributed by atoms with E-state index in [-0.39, 0.29) is 17.7 Å². The molecule has 3 aromatic rings. The maximum atomic E-state index is 12.2. The predicted octanol–water partition coefficient (Wildman–Crippen LogP) is 1.67. The van der Waals surface area contributed by atoms with Crippen molar-refractivity contribution in [3.63, 3.8) is 0 Å². The van der Waals surface area contributed by atoms with Crippen molar-refractivity contribution >= 4 is 45.3 Å². The standard InChI is InChI=1S/C17H20N5O10P3/c18-16-15-17(20-9-19-16)22(10-21-15)14-7-6-12(30-14)8-29-11-33(23,24)31-35(27,28)32-34(25,26)13-4-2-1-3-5-13/h1-7,9-10,12,14H,8,11H2,(H,23,24)(H,25,26)(H,27,28)(H2,18,19,20)/t12-,14+/m0/s1. The number of hydrogen-bond donors (Lipinski definition) is 4. The van der Waals surface area contributed by atoms with E-state index in [1.807, 2.05) is 0 Å². The molecule has 1 aliphatic heterocycles. The second kappa shape index (κ2) is 10.00. The molecule has 18 heteroatoms. The Hall–Kier alpha value is -2.28. The van der Waals surface area contributed by atoms with Crippen molar-refractivity contribution in [3.05, 3.63) is 55.1 Å². The number of anilines is 1. The molecular formula is C17H20N5O10P3. The molecule has 3 heterocycles. The summed E-state index contributed by atoms with van der Waals surface area (Å²) < 4.78 is 57.4. The summed E-state index contributed by atoms with van der Waals surface area (Å²) in [5.41, 5.74) is 6.61. The zero-order chi connectivity index (χ0) is 25.3. The van der Waals surface area contributed by atoms with Gasteiger partial charge in [-0.05, 0) is 18.2 Å². The average molecular weight is 547 g/mol. The monoisotopic (exact) mass is 547 g/mol. The molecule has 1 aliphatic rings. The molecule has 5 atom stereocenters. The number of rotatable bonds is 10. The molecule has 0 saturated carbocycles. The smallest absolute Gasteiger partial charge is 0.382 e. The van der Waals surface area contributed by atoms with Crippen LogP contribution < -0.4 is 11.0 Å². The lowest BCUT2D eigenvalue weighted by Gasteiger charge is -2.20. The summed E-state index contributed by atoms with van der Waals surface area (Å²) >= 11 is 0. The molecule has 1 aromatic carbocycles. The molecule has 0 bridgehead atoms. The minimum atomic E-state index is -5.42. The Labute approximate surface area is 197 Å². The highest BCUT2D eigenvalue weighted by molar-refractivity contribution is 7.72. The van der Waals surface area contributed by atoms with Crippen LogP contribution in [0, 0.1) is 0 Å². The number of aromatic nitrogens is 4. The van der Waals surface area contributed by atoms with E-state index in [1.165, 1.54) is 36.9 Å². The van der Waals surface area contributed by atoms with Gasteiger partial charge in [0.2, 0.25) is 0 Å². The number of nitrogens with two attached hydrogens (primary N) is 1. The Balaban J connectivity index is 1.29. The lowest BCUT2D eigenvalue weighted by atomic mass is 10.4. The van der Waals surface area contributed by atoms with Crippen LogP contribution in [0.3, 0.4) is 0 Å². The van der Waals surface area contributed by atoms with E-state index in [0.29, 0.717) is 11.2 Å². The van der Waals surface area contributed by atoms with Gasteiger partial charge >= 0.3 is 23.0 Å². The number of hydrogen-bond acceptors (Lipinski definition) is 11. The summed E-state index contributed by atoms with van der Waals surface area (Å²) in [5, 5.41) is -0.304. The summed E-state index contributed by atoms with van der Waals surface area (Å²) in [6, 6.07) is 6.71. The second-order valence-electron chi connectivity index (χ2n) is 7.16. The Bertz CT molecular complexity index is 1380. The molecule has 0 spiro atoms. The molecule has 5 N–H and O–H groups in total. The van der Waals surface area contributed by atoms with Crippen molar-refractivity contribution < 1.29 is 46.5 Å². The second-order valence-corrected chi connectivity index (χ2v) is 12.5. The van der Waals surface area contributed by atoms with Crippen LogP contribution in [-0.2, 0) is 31.8 Å². The van der Waals surface area contributed by atoms with E-state index < -0.39 is 41.7 Å². The Morgan fingerprint density at radius 2 is 1.77 bits per heavy atom. The van der Waals surface area contributed by atoms with Crippen LogP contribution in [-0.4, -0.2) is 53.3 Å². The van der Waals surface area contributed by atoms with E-state index in [9.17, 15) is 28.4 Å². The van der Waals surface area contributed by atoms with Gasteiger partial charge in [-0.2, -0.15) is 0 Å². The third kappa shape index (κ3) is 6.29. The summed E-state index contributed by atoms with van der Waals surface area (Å²) in [6.07, 6.45) is 3.79. The Morgan fingerprint density at radius 3 is 2.51 bits per heavy atom. The van der Waals surface area contributed by atoms with Crippen LogP contribution in [0.2, 0.25) is 0 Å². The van der Waals surface area contributed by atoms with Crippen LogP contribution >= 0.6 is 23.0 Å². The molecule has 4 rings (SSSR count). The molecule has 0 saturated heterocycles. The average Bonchev–Trinajstić information content (AvgIpc) is 3.40. The lowest BCUT2D eigenvalue weighted by molar-refractivity contribution is -0.0216. The molecule has 0 fully saturated rings. The zero-order valence-corrected chi connectivity index (χ0v) is 20.4. The Kier molecular flexibility index (Phi) is 7.37. The SMILES string of the molecule is Nc1ncnc2c1ncn2[C@H]1C=C[C@@H](COCP(=O)(O)OP(=O)(O)OP(=O)(O)c2ccccc2)O1. The van der Waals surface area contributed by atoms with E-state index in [1.54, 1.807) is 22.8 Å². The quantitative estimate of drug-likeness (QED) is 0.210. The third-order valence-corrected chi connectivity index (χ3v) is 9.55. The Morgan fingerprint density at radius 1 is 1.03 bits per heavy atom. The van der Waals surface area contributed by atoms with E-state index in [4.69, 9.17) is 15.2 Å². The highest BCUT2D eigenvalue weighted by Gasteiger charge is 2.41. The van der Waals surface area contributed by atoms with Gasteiger partial charge in [0.1, 0.15) is 24.3 Å². The van der Waals surface area contributed by atoms with Crippen LogP contribution in [0.1, 0.15) is 6.23 Å². The first-order valence-corrected chi connectivity index (χ1v) is 14.6. The van der Waals surface area contributed by atoms with Crippen molar-refractivity contribution in [2.24, 2.45) is 0 Å². The van der Waals surface area contributed by atoms with Gasteiger partial charge in [-0.3, -0.25) is 13.7 Å². The molecule has 188 valence electrons. The minimum absolute atomic E-state index is 0.209. The molecular weight excluding hydrogens is 527 g/mol. The fourth-order valence-electron chi connectivity index (χ4n) is 3.09. The fourth-order valence-corrected chi connectivity index (χ4v) is 7.33. The summed E-state index contributed by atoms with van der Waals surface area (Å²) in [7, 11) is -15.1. The van der Waals surface area contributed by atoms with E-state index in [2.05, 4.69) is 23.6 Å². The van der Waals surface area contributed by atoms with Crippen LogP contribution in [0.15, 0.2) is 55.1 Å². The first-order chi connectivity index (χ1) is 16.5. The van der Waals surface area contributed by atoms with Gasteiger partial charge in [-0.1, -0.05) is 24.3 Å². The summed E-state index contributed by atoms with van der Waals surface area (Å²) in [6.45, 7) is -0.218. The van der Waals surface area contributed by atoms with Crippen LogP contribution in [0.5, 0.6) is 0 Å². The predicted molar refractivity (Wildman–Crippen MR) is 121 cm³/mol. The number of nitrogens with zero attached hydrogens (tertiary/aromatic N) is 4. The highest BCUT2D eigenvalue weighted by atomic mass is 31.3. The first kappa shape index (κ1) is 25.8. The molecule has 0 aliphatic carbocycles. The van der Waals surface area contributed by atoms with Crippen molar-refractivity contribution in [2.45, 2.75) is 12.3 Å². The minimum Gasteiger partial charge on any atom is -0.382 e. The van der Waals surface area contributed by atoms with Crippen molar-refractivity contribution in [3.8, 4) is 0 Å². The van der Waals surface area contributed by atoms with E-state index in [0.717, 1.165) is 0 Å². The first-order valence-electron chi connectivity index (χ1n) is 9.76. The summed E-state index contributed by atoms with van der Waals surface area (Å²) in [5.74, 6) is 0.209. The topological polar surface area (TPSA) is 218 Å². The molecule has 0 radical (unpaired) electrons. The van der Waals surface area contributed by atoms with Crippen molar-refractivity contribution in [2.75, 3.05) is 18.7 Å². The number of nitrogen functional groups attached to an aromatic ring is 1. The van der Waals surface area contributed by atoms with Gasteiger partial charge in [0.05, 0.1) is 18.2 Å². The maximum Gasteiger partial charge on any atom is 0.487 e. The number of imidazole rings is 1. The van der Waals surface area contributed by atoms with E-state index >= 15 is 0 Å². The van der Waals surface area contributed by atoms with Gasteiger partial charge in [-0.15, -0.1) is 0 Å². The van der Waals surface area contributed by atoms with Crippen LogP contribution in [0.4, 0.5) is 5.82 Å². The lowest BCUT2D eigenvalue weighted by Crippen LogP contribution is -2.18. The molecule has 35 heavy (non-hydrogen) atoms. The largest absolute Gasteiger partial charge is 0.487 e. The highest BCUT2D eigenvalue weighted by Crippen LogP contribution is 2.66.